The van der Waals surface area contributed by atoms with Crippen LogP contribution in [0.3, 0.4) is 0 Å². The van der Waals surface area contributed by atoms with Crippen LogP contribution in [0.25, 0.3) is 0 Å². The molecule has 0 saturated carbocycles. The quantitative estimate of drug-likeness (QED) is 0.835. The molecule has 5 heteroatoms. The topological polar surface area (TPSA) is 57.5 Å². The van der Waals surface area contributed by atoms with Crippen molar-refractivity contribution in [3.05, 3.63) is 29.3 Å². The summed E-state index contributed by atoms with van der Waals surface area (Å²) in [4.78, 5) is 10.4. The number of aromatic hydroxyl groups is 1. The third-order valence-corrected chi connectivity index (χ3v) is 2.36. The van der Waals surface area contributed by atoms with E-state index in [0.717, 1.165) is 0 Å². The van der Waals surface area contributed by atoms with Crippen LogP contribution < -0.4 is 0 Å². The minimum Gasteiger partial charge on any atom is -0.508 e. The molecule has 88 valence electrons. The third kappa shape index (κ3) is 2.92. The van der Waals surface area contributed by atoms with Gasteiger partial charge in [0, 0.05) is 0 Å². The summed E-state index contributed by atoms with van der Waals surface area (Å²) in [5.41, 5.74) is 0.701. The molecule has 0 fully saturated rings. The summed E-state index contributed by atoms with van der Waals surface area (Å²) in [6, 6.07) is 4.09. The first-order chi connectivity index (χ1) is 7.41. The molecule has 0 aliphatic heterocycles. The van der Waals surface area contributed by atoms with Crippen LogP contribution in [0.1, 0.15) is 23.5 Å². The van der Waals surface area contributed by atoms with Gasteiger partial charge in [-0.05, 0) is 24.1 Å². The maximum Gasteiger partial charge on any atom is 0.304 e. The van der Waals surface area contributed by atoms with Gasteiger partial charge >= 0.3 is 5.97 Å². The Labute approximate surface area is 91.3 Å². The Bertz CT molecular complexity index is 391. The van der Waals surface area contributed by atoms with Gasteiger partial charge in [-0.2, -0.15) is 0 Å². The van der Waals surface area contributed by atoms with Crippen molar-refractivity contribution in [2.75, 3.05) is 0 Å². The first-order valence-corrected chi connectivity index (χ1v) is 4.71. The molecular weight excluding hydrogens is 218 g/mol. The van der Waals surface area contributed by atoms with Gasteiger partial charge in [-0.15, -0.1) is 0 Å². The van der Waals surface area contributed by atoms with Crippen molar-refractivity contribution in [1.29, 1.82) is 0 Å². The van der Waals surface area contributed by atoms with Gasteiger partial charge in [0.1, 0.15) is 5.75 Å². The van der Waals surface area contributed by atoms with E-state index in [9.17, 15) is 18.7 Å². The summed E-state index contributed by atoms with van der Waals surface area (Å²) in [6.45, 7) is 1.63. The lowest BCUT2D eigenvalue weighted by Crippen LogP contribution is -2.14. The average Bonchev–Trinajstić information content (AvgIpc) is 2.18. The second-order valence-electron chi connectivity index (χ2n) is 3.58. The van der Waals surface area contributed by atoms with E-state index in [0.29, 0.717) is 5.56 Å². The zero-order chi connectivity index (χ0) is 12.3. The Morgan fingerprint density at radius 2 is 2.06 bits per heavy atom. The number of phenolic OH excluding ortho intramolecular Hbond substituents is 1. The minimum atomic E-state index is -2.77. The van der Waals surface area contributed by atoms with Gasteiger partial charge in [0.25, 0.3) is 0 Å². The Kier molecular flexibility index (Phi) is 3.82. The van der Waals surface area contributed by atoms with Crippen molar-refractivity contribution in [3.63, 3.8) is 0 Å². The SMILES string of the molecule is Cc1ccc(C(CC(=O)O)C(F)F)cc1O. The van der Waals surface area contributed by atoms with Gasteiger partial charge in [-0.1, -0.05) is 12.1 Å². The highest BCUT2D eigenvalue weighted by Gasteiger charge is 2.25. The normalized spacial score (nSPS) is 12.8. The van der Waals surface area contributed by atoms with Crippen molar-refractivity contribution in [1.82, 2.24) is 0 Å². The van der Waals surface area contributed by atoms with Crippen LogP contribution in [0.5, 0.6) is 5.75 Å². The summed E-state index contributed by atoms with van der Waals surface area (Å²) in [7, 11) is 0. The number of aliphatic carboxylic acids is 1. The fourth-order valence-corrected chi connectivity index (χ4v) is 1.40. The second kappa shape index (κ2) is 4.92. The number of carboxylic acids is 1. The average molecular weight is 230 g/mol. The molecule has 1 atom stereocenters. The highest BCUT2D eigenvalue weighted by atomic mass is 19.3. The van der Waals surface area contributed by atoms with Gasteiger partial charge in [0.05, 0.1) is 12.3 Å². The molecule has 0 heterocycles. The number of rotatable bonds is 4. The number of benzene rings is 1. The van der Waals surface area contributed by atoms with E-state index in [2.05, 4.69) is 0 Å². The van der Waals surface area contributed by atoms with Crippen molar-refractivity contribution in [2.24, 2.45) is 0 Å². The highest BCUT2D eigenvalue weighted by molar-refractivity contribution is 5.68. The number of alkyl halides is 2. The number of aryl methyl sites for hydroxylation is 1. The smallest absolute Gasteiger partial charge is 0.304 e. The van der Waals surface area contributed by atoms with Gasteiger partial charge in [-0.3, -0.25) is 4.79 Å². The Hall–Kier alpha value is -1.65. The molecule has 16 heavy (non-hydrogen) atoms. The van der Waals surface area contributed by atoms with E-state index in [-0.39, 0.29) is 11.3 Å². The molecule has 0 amide bonds. The van der Waals surface area contributed by atoms with Crippen molar-refractivity contribution in [2.45, 2.75) is 25.7 Å². The van der Waals surface area contributed by atoms with E-state index in [4.69, 9.17) is 5.11 Å². The fraction of sp³-hybridized carbons (Fsp3) is 0.364. The van der Waals surface area contributed by atoms with E-state index in [1.165, 1.54) is 18.2 Å². The molecule has 0 bridgehead atoms. The Balaban J connectivity index is 3.01. The van der Waals surface area contributed by atoms with Gasteiger partial charge in [0.15, 0.2) is 0 Å². The van der Waals surface area contributed by atoms with E-state index < -0.39 is 24.7 Å². The highest BCUT2D eigenvalue weighted by Crippen LogP contribution is 2.30. The van der Waals surface area contributed by atoms with Crippen LogP contribution in [-0.2, 0) is 4.79 Å². The molecule has 1 aromatic rings. The van der Waals surface area contributed by atoms with Crippen molar-refractivity contribution in [3.8, 4) is 5.75 Å². The number of phenols is 1. The molecule has 0 radical (unpaired) electrons. The van der Waals surface area contributed by atoms with Crippen LogP contribution in [0.15, 0.2) is 18.2 Å². The second-order valence-corrected chi connectivity index (χ2v) is 3.58. The summed E-state index contributed by atoms with van der Waals surface area (Å²) >= 11 is 0. The Morgan fingerprint density at radius 3 is 2.50 bits per heavy atom. The number of halogens is 2. The number of carboxylic acid groups (broad SMARTS) is 1. The van der Waals surface area contributed by atoms with E-state index in [1.807, 2.05) is 0 Å². The molecule has 0 aromatic heterocycles. The van der Waals surface area contributed by atoms with Gasteiger partial charge in [-0.25, -0.2) is 8.78 Å². The summed E-state index contributed by atoms with van der Waals surface area (Å²) < 4.78 is 25.3. The van der Waals surface area contributed by atoms with Crippen molar-refractivity contribution < 1.29 is 23.8 Å². The third-order valence-electron chi connectivity index (χ3n) is 2.36. The molecule has 1 unspecified atom stereocenters. The predicted molar refractivity (Wildman–Crippen MR) is 53.8 cm³/mol. The molecule has 3 nitrogen and oxygen atoms in total. The molecule has 0 spiro atoms. The zero-order valence-electron chi connectivity index (χ0n) is 8.65. The molecule has 0 aliphatic carbocycles. The Morgan fingerprint density at radius 1 is 1.44 bits per heavy atom. The standard InChI is InChI=1S/C11H12F2O3/c1-6-2-3-7(4-9(6)14)8(11(12)13)5-10(15)16/h2-4,8,11,14H,5H2,1H3,(H,15,16). The lowest BCUT2D eigenvalue weighted by molar-refractivity contribution is -0.138. The zero-order valence-corrected chi connectivity index (χ0v) is 8.65. The first-order valence-electron chi connectivity index (χ1n) is 4.71. The summed E-state index contributed by atoms with van der Waals surface area (Å²) in [5.74, 6) is -2.78. The molecule has 2 N–H and O–H groups in total. The molecule has 0 aliphatic rings. The van der Waals surface area contributed by atoms with Gasteiger partial charge < -0.3 is 10.2 Å². The summed E-state index contributed by atoms with van der Waals surface area (Å²) in [5, 5.41) is 17.9. The predicted octanol–water partition coefficient (Wildman–Crippen LogP) is 2.52. The number of carbonyl (C=O) groups is 1. The van der Waals surface area contributed by atoms with E-state index >= 15 is 0 Å². The maximum atomic E-state index is 12.6. The molecular formula is C11H12F2O3. The molecule has 1 aromatic carbocycles. The van der Waals surface area contributed by atoms with Crippen LogP contribution in [0, 0.1) is 6.92 Å². The largest absolute Gasteiger partial charge is 0.508 e. The van der Waals surface area contributed by atoms with Crippen molar-refractivity contribution >= 4 is 5.97 Å². The fourth-order valence-electron chi connectivity index (χ4n) is 1.40. The maximum absolute atomic E-state index is 12.6. The van der Waals surface area contributed by atoms with Crippen LogP contribution in [0.2, 0.25) is 0 Å². The van der Waals surface area contributed by atoms with Crippen LogP contribution in [-0.4, -0.2) is 22.6 Å². The minimum absolute atomic E-state index is 0.103. The summed E-state index contributed by atoms with van der Waals surface area (Å²) in [6.07, 6.45) is -3.42. The molecule has 1 rings (SSSR count). The lowest BCUT2D eigenvalue weighted by atomic mass is 9.95. The lowest BCUT2D eigenvalue weighted by Gasteiger charge is -2.15. The molecule has 0 saturated heterocycles. The number of hydrogen-bond acceptors (Lipinski definition) is 2. The van der Waals surface area contributed by atoms with Gasteiger partial charge in [0.2, 0.25) is 6.43 Å². The first kappa shape index (κ1) is 12.4. The van der Waals surface area contributed by atoms with E-state index in [1.54, 1.807) is 6.92 Å². The van der Waals surface area contributed by atoms with Crippen LogP contribution in [0.4, 0.5) is 8.78 Å². The van der Waals surface area contributed by atoms with Crippen LogP contribution >= 0.6 is 0 Å². The number of hydrogen-bond donors (Lipinski definition) is 2. The monoisotopic (exact) mass is 230 g/mol.